The average Bonchev–Trinajstić information content (AvgIpc) is 2.53. The molecule has 0 fully saturated rings. The van der Waals surface area contributed by atoms with Crippen LogP contribution in [0.15, 0.2) is 30.3 Å². The highest BCUT2D eigenvalue weighted by Crippen LogP contribution is 2.30. The van der Waals surface area contributed by atoms with E-state index in [0.29, 0.717) is 12.4 Å². The normalized spacial score (nSPS) is 9.88. The molecule has 7 heteroatoms. The second kappa shape index (κ2) is 7.83. The molecular formula is C17H18N4O3. The standard InChI is InChI=1S/C17H18N4O3/c1-3-8-23-12-4-6-13(7-5-12)24-17-14(10-18)15(19)9-16(21-17)20-11(2)22/h4-7,9H,3,8H2,1-2H3,(H3,19,20,21,22). The van der Waals surface area contributed by atoms with Crippen molar-refractivity contribution < 1.29 is 14.3 Å². The van der Waals surface area contributed by atoms with Gasteiger partial charge < -0.3 is 20.5 Å². The third-order valence-corrected chi connectivity index (χ3v) is 2.94. The van der Waals surface area contributed by atoms with E-state index < -0.39 is 0 Å². The number of carbonyl (C=O) groups is 1. The van der Waals surface area contributed by atoms with Gasteiger partial charge in [-0.1, -0.05) is 6.92 Å². The lowest BCUT2D eigenvalue weighted by atomic mass is 10.2. The van der Waals surface area contributed by atoms with E-state index in [1.165, 1.54) is 13.0 Å². The molecule has 0 bridgehead atoms. The van der Waals surface area contributed by atoms with Gasteiger partial charge in [0.1, 0.15) is 28.9 Å². The van der Waals surface area contributed by atoms with Crippen LogP contribution in [0, 0.1) is 11.3 Å². The summed E-state index contributed by atoms with van der Waals surface area (Å²) in [5, 5.41) is 11.7. The Hall–Kier alpha value is -3.27. The topological polar surface area (TPSA) is 110 Å². The molecule has 0 aliphatic heterocycles. The summed E-state index contributed by atoms with van der Waals surface area (Å²) in [4.78, 5) is 15.3. The van der Waals surface area contributed by atoms with Gasteiger partial charge in [-0.3, -0.25) is 4.79 Å². The van der Waals surface area contributed by atoms with Gasteiger partial charge >= 0.3 is 0 Å². The van der Waals surface area contributed by atoms with Crippen molar-refractivity contribution in [1.82, 2.24) is 4.98 Å². The summed E-state index contributed by atoms with van der Waals surface area (Å²) < 4.78 is 11.1. The number of carbonyl (C=O) groups excluding carboxylic acids is 1. The molecular weight excluding hydrogens is 308 g/mol. The molecule has 3 N–H and O–H groups in total. The van der Waals surface area contributed by atoms with Crippen molar-refractivity contribution in [3.63, 3.8) is 0 Å². The van der Waals surface area contributed by atoms with Gasteiger partial charge in [-0.05, 0) is 30.7 Å². The molecule has 1 amide bonds. The molecule has 2 rings (SSSR count). The first-order valence-corrected chi connectivity index (χ1v) is 7.42. The Bertz CT molecular complexity index is 767. The molecule has 0 saturated heterocycles. The van der Waals surface area contributed by atoms with Gasteiger partial charge in [0, 0.05) is 13.0 Å². The number of ether oxygens (including phenoxy) is 2. The summed E-state index contributed by atoms with van der Waals surface area (Å²) in [7, 11) is 0. The maximum atomic E-state index is 11.2. The van der Waals surface area contributed by atoms with Crippen molar-refractivity contribution in [2.45, 2.75) is 20.3 Å². The predicted molar refractivity (Wildman–Crippen MR) is 90.0 cm³/mol. The van der Waals surface area contributed by atoms with Gasteiger partial charge in [-0.2, -0.15) is 10.2 Å². The fourth-order valence-electron chi connectivity index (χ4n) is 1.91. The van der Waals surface area contributed by atoms with E-state index in [1.807, 2.05) is 13.0 Å². The van der Waals surface area contributed by atoms with Crippen molar-refractivity contribution in [3.05, 3.63) is 35.9 Å². The second-order valence-electron chi connectivity index (χ2n) is 4.99. The molecule has 1 aromatic heterocycles. The Balaban J connectivity index is 2.25. The maximum Gasteiger partial charge on any atom is 0.241 e. The first kappa shape index (κ1) is 17.1. The van der Waals surface area contributed by atoms with Crippen molar-refractivity contribution in [2.75, 3.05) is 17.7 Å². The van der Waals surface area contributed by atoms with Gasteiger partial charge in [-0.15, -0.1) is 0 Å². The van der Waals surface area contributed by atoms with Crippen molar-refractivity contribution in [1.29, 1.82) is 5.26 Å². The van der Waals surface area contributed by atoms with Gasteiger partial charge in [0.25, 0.3) is 0 Å². The summed E-state index contributed by atoms with van der Waals surface area (Å²) in [5.41, 5.74) is 6.11. The third kappa shape index (κ3) is 4.36. The van der Waals surface area contributed by atoms with E-state index >= 15 is 0 Å². The Morgan fingerprint density at radius 3 is 2.58 bits per heavy atom. The molecule has 124 valence electrons. The largest absolute Gasteiger partial charge is 0.494 e. The van der Waals surface area contributed by atoms with Crippen molar-refractivity contribution in [2.24, 2.45) is 0 Å². The molecule has 0 aliphatic carbocycles. The fraction of sp³-hybridized carbons (Fsp3) is 0.235. The summed E-state index contributed by atoms with van der Waals surface area (Å²) in [6.07, 6.45) is 0.920. The summed E-state index contributed by atoms with van der Waals surface area (Å²) in [6.45, 7) is 4.01. The van der Waals surface area contributed by atoms with Gasteiger partial charge in [0.2, 0.25) is 11.8 Å². The van der Waals surface area contributed by atoms with E-state index in [-0.39, 0.29) is 28.9 Å². The number of pyridine rings is 1. The lowest BCUT2D eigenvalue weighted by Crippen LogP contribution is -2.09. The number of hydrogen-bond donors (Lipinski definition) is 2. The summed E-state index contributed by atoms with van der Waals surface area (Å²) >= 11 is 0. The van der Waals surface area contributed by atoms with Crippen LogP contribution in [0.2, 0.25) is 0 Å². The summed E-state index contributed by atoms with van der Waals surface area (Å²) in [5.74, 6) is 1.15. The Morgan fingerprint density at radius 2 is 2.00 bits per heavy atom. The quantitative estimate of drug-likeness (QED) is 0.844. The van der Waals surface area contributed by atoms with Gasteiger partial charge in [0.05, 0.1) is 12.3 Å². The molecule has 7 nitrogen and oxygen atoms in total. The number of aromatic nitrogens is 1. The lowest BCUT2D eigenvalue weighted by molar-refractivity contribution is -0.114. The van der Waals surface area contributed by atoms with E-state index in [2.05, 4.69) is 10.3 Å². The van der Waals surface area contributed by atoms with Crippen LogP contribution in [0.4, 0.5) is 11.5 Å². The molecule has 0 spiro atoms. The smallest absolute Gasteiger partial charge is 0.241 e. The predicted octanol–water partition coefficient (Wildman–Crippen LogP) is 3.07. The number of nitrogens with two attached hydrogens (primary N) is 1. The Labute approximate surface area is 140 Å². The molecule has 1 aromatic carbocycles. The minimum atomic E-state index is -0.296. The number of rotatable bonds is 6. The van der Waals surface area contributed by atoms with Crippen LogP contribution in [0.25, 0.3) is 0 Å². The van der Waals surface area contributed by atoms with Crippen LogP contribution in [-0.4, -0.2) is 17.5 Å². The van der Waals surface area contributed by atoms with E-state index in [9.17, 15) is 10.1 Å². The van der Waals surface area contributed by atoms with Crippen LogP contribution < -0.4 is 20.5 Å². The molecule has 0 saturated carbocycles. The number of nitriles is 1. The first-order valence-electron chi connectivity index (χ1n) is 7.42. The van der Waals surface area contributed by atoms with E-state index in [1.54, 1.807) is 24.3 Å². The van der Waals surface area contributed by atoms with Crippen LogP contribution in [0.1, 0.15) is 25.8 Å². The van der Waals surface area contributed by atoms with E-state index in [4.69, 9.17) is 15.2 Å². The first-order chi connectivity index (χ1) is 11.5. The molecule has 24 heavy (non-hydrogen) atoms. The van der Waals surface area contributed by atoms with Crippen LogP contribution in [0.3, 0.4) is 0 Å². The number of hydrogen-bond acceptors (Lipinski definition) is 6. The molecule has 0 unspecified atom stereocenters. The number of nitrogens with zero attached hydrogens (tertiary/aromatic N) is 2. The summed E-state index contributed by atoms with van der Waals surface area (Å²) in [6, 6.07) is 10.3. The fourth-order valence-corrected chi connectivity index (χ4v) is 1.91. The average molecular weight is 326 g/mol. The van der Waals surface area contributed by atoms with Crippen LogP contribution in [0.5, 0.6) is 17.4 Å². The Morgan fingerprint density at radius 1 is 1.33 bits per heavy atom. The number of benzene rings is 1. The highest BCUT2D eigenvalue weighted by atomic mass is 16.5. The van der Waals surface area contributed by atoms with Crippen LogP contribution in [-0.2, 0) is 4.79 Å². The molecule has 1 heterocycles. The number of nitrogens with one attached hydrogen (secondary N) is 1. The maximum absolute atomic E-state index is 11.2. The molecule has 2 aromatic rings. The van der Waals surface area contributed by atoms with Gasteiger partial charge in [-0.25, -0.2) is 0 Å². The van der Waals surface area contributed by atoms with Crippen molar-refractivity contribution >= 4 is 17.4 Å². The highest BCUT2D eigenvalue weighted by molar-refractivity contribution is 5.88. The third-order valence-electron chi connectivity index (χ3n) is 2.94. The van der Waals surface area contributed by atoms with Crippen LogP contribution >= 0.6 is 0 Å². The van der Waals surface area contributed by atoms with Crippen molar-refractivity contribution in [3.8, 4) is 23.4 Å². The minimum Gasteiger partial charge on any atom is -0.494 e. The zero-order valence-corrected chi connectivity index (χ0v) is 13.5. The molecule has 0 radical (unpaired) electrons. The minimum absolute atomic E-state index is 0.0310. The number of nitrogen functional groups attached to an aromatic ring is 1. The number of anilines is 2. The SMILES string of the molecule is CCCOc1ccc(Oc2nc(NC(C)=O)cc(N)c2C#N)cc1. The number of amides is 1. The second-order valence-corrected chi connectivity index (χ2v) is 4.99. The lowest BCUT2D eigenvalue weighted by Gasteiger charge is -2.11. The monoisotopic (exact) mass is 326 g/mol. The zero-order chi connectivity index (χ0) is 17.5. The highest BCUT2D eigenvalue weighted by Gasteiger charge is 2.14. The van der Waals surface area contributed by atoms with Gasteiger partial charge in [0.15, 0.2) is 0 Å². The molecule has 0 aliphatic rings. The Kier molecular flexibility index (Phi) is 5.58. The zero-order valence-electron chi connectivity index (χ0n) is 13.5. The van der Waals surface area contributed by atoms with E-state index in [0.717, 1.165) is 12.2 Å². The molecule has 0 atom stereocenters.